The fraction of sp³-hybridized carbons (Fsp3) is 0.0833. The number of furan rings is 2. The summed E-state index contributed by atoms with van der Waals surface area (Å²) in [4.78, 5) is 32.5. The predicted octanol–water partition coefficient (Wildman–Crippen LogP) is 0.547. The molecule has 2 aromatic heterocycles. The molecule has 0 aliphatic rings. The van der Waals surface area contributed by atoms with Crippen LogP contribution in [-0.2, 0) is 16.1 Å². The maximum atomic E-state index is 11.4. The van der Waals surface area contributed by atoms with E-state index in [1.807, 2.05) is 5.43 Å². The zero-order valence-corrected chi connectivity index (χ0v) is 11.0. The van der Waals surface area contributed by atoms with Crippen LogP contribution in [0.3, 0.4) is 0 Å². The number of hydrogen-bond donors (Lipinski definition) is 2. The van der Waals surface area contributed by atoms with Crippen molar-refractivity contribution in [3.05, 3.63) is 52.2 Å². The van der Waals surface area contributed by atoms with Gasteiger partial charge in [0.05, 0.1) is 25.1 Å². The maximum Gasteiger partial charge on any atom is 0.433 e. The second-order valence-corrected chi connectivity index (χ2v) is 3.89. The Labute approximate surface area is 122 Å². The SMILES string of the molecule is O=C(NCc1ccco1)C(=O)N/N=C\c1ccc([N+](=O)[O-])o1. The van der Waals surface area contributed by atoms with Crippen molar-refractivity contribution >= 4 is 23.9 Å². The molecule has 0 saturated carbocycles. The molecule has 0 fully saturated rings. The Hall–Kier alpha value is -3.43. The Morgan fingerprint density at radius 3 is 2.77 bits per heavy atom. The van der Waals surface area contributed by atoms with Crippen molar-refractivity contribution < 1.29 is 23.3 Å². The lowest BCUT2D eigenvalue weighted by molar-refractivity contribution is -0.402. The summed E-state index contributed by atoms with van der Waals surface area (Å²) in [5.41, 5.74) is 1.96. The minimum atomic E-state index is -0.996. The highest BCUT2D eigenvalue weighted by molar-refractivity contribution is 6.35. The smallest absolute Gasteiger partial charge is 0.433 e. The fourth-order valence-corrected chi connectivity index (χ4v) is 1.38. The summed E-state index contributed by atoms with van der Waals surface area (Å²) in [7, 11) is 0. The van der Waals surface area contributed by atoms with E-state index in [0.29, 0.717) is 5.76 Å². The van der Waals surface area contributed by atoms with Crippen LogP contribution in [0.2, 0.25) is 0 Å². The van der Waals surface area contributed by atoms with Gasteiger partial charge in [0.25, 0.3) is 0 Å². The van der Waals surface area contributed by atoms with Crippen molar-refractivity contribution in [2.24, 2.45) is 5.10 Å². The molecule has 10 heteroatoms. The van der Waals surface area contributed by atoms with Crippen LogP contribution in [0.5, 0.6) is 0 Å². The fourth-order valence-electron chi connectivity index (χ4n) is 1.38. The Balaban J connectivity index is 1.79. The van der Waals surface area contributed by atoms with Crippen molar-refractivity contribution in [3.63, 3.8) is 0 Å². The number of amides is 2. The molecule has 0 saturated heterocycles. The van der Waals surface area contributed by atoms with Gasteiger partial charge in [-0.05, 0) is 18.2 Å². The van der Waals surface area contributed by atoms with Gasteiger partial charge in [-0.1, -0.05) is 0 Å². The van der Waals surface area contributed by atoms with Gasteiger partial charge in [-0.3, -0.25) is 19.7 Å². The first kappa shape index (κ1) is 15.0. The summed E-state index contributed by atoms with van der Waals surface area (Å²) in [5.74, 6) is -1.80. The van der Waals surface area contributed by atoms with Crippen molar-refractivity contribution in [1.29, 1.82) is 0 Å². The van der Waals surface area contributed by atoms with Crippen molar-refractivity contribution in [2.75, 3.05) is 0 Å². The molecule has 2 rings (SSSR count). The number of nitrogens with zero attached hydrogens (tertiary/aromatic N) is 2. The molecule has 0 atom stereocenters. The zero-order chi connectivity index (χ0) is 15.9. The molecule has 2 amide bonds. The van der Waals surface area contributed by atoms with Gasteiger partial charge < -0.3 is 14.2 Å². The third kappa shape index (κ3) is 4.03. The number of nitro groups is 1. The van der Waals surface area contributed by atoms with E-state index in [-0.39, 0.29) is 12.3 Å². The predicted molar refractivity (Wildman–Crippen MR) is 71.7 cm³/mol. The molecule has 0 unspecified atom stereocenters. The molecule has 114 valence electrons. The van der Waals surface area contributed by atoms with Crippen molar-refractivity contribution in [3.8, 4) is 0 Å². The lowest BCUT2D eigenvalue weighted by Crippen LogP contribution is -2.37. The quantitative estimate of drug-likeness (QED) is 0.357. The monoisotopic (exact) mass is 306 g/mol. The molecule has 2 N–H and O–H groups in total. The van der Waals surface area contributed by atoms with Crippen LogP contribution in [-0.4, -0.2) is 23.0 Å². The van der Waals surface area contributed by atoms with E-state index in [1.54, 1.807) is 12.1 Å². The Bertz CT molecular complexity index is 703. The average molecular weight is 306 g/mol. The van der Waals surface area contributed by atoms with E-state index >= 15 is 0 Å². The normalized spacial score (nSPS) is 10.5. The molecular weight excluding hydrogens is 296 g/mol. The molecule has 0 bridgehead atoms. The summed E-state index contributed by atoms with van der Waals surface area (Å²) in [6.07, 6.45) is 2.47. The number of rotatable bonds is 5. The van der Waals surface area contributed by atoms with E-state index in [9.17, 15) is 19.7 Å². The topological polar surface area (TPSA) is 140 Å². The molecule has 0 radical (unpaired) electrons. The van der Waals surface area contributed by atoms with Gasteiger partial charge in [0.1, 0.15) is 10.7 Å². The highest BCUT2D eigenvalue weighted by atomic mass is 16.6. The van der Waals surface area contributed by atoms with Gasteiger partial charge in [0.15, 0.2) is 5.76 Å². The van der Waals surface area contributed by atoms with Crippen LogP contribution in [0.1, 0.15) is 11.5 Å². The third-order valence-corrected chi connectivity index (χ3v) is 2.36. The second-order valence-electron chi connectivity index (χ2n) is 3.89. The number of hydrazone groups is 1. The lowest BCUT2D eigenvalue weighted by Gasteiger charge is -2.00. The molecule has 0 aromatic carbocycles. The van der Waals surface area contributed by atoms with Gasteiger partial charge >= 0.3 is 17.7 Å². The second kappa shape index (κ2) is 6.83. The van der Waals surface area contributed by atoms with Gasteiger partial charge in [-0.15, -0.1) is 0 Å². The Morgan fingerprint density at radius 1 is 1.32 bits per heavy atom. The summed E-state index contributed by atoms with van der Waals surface area (Å²) >= 11 is 0. The van der Waals surface area contributed by atoms with E-state index < -0.39 is 22.6 Å². The average Bonchev–Trinajstić information content (AvgIpc) is 3.16. The highest BCUT2D eigenvalue weighted by Crippen LogP contribution is 2.13. The van der Waals surface area contributed by atoms with E-state index in [2.05, 4.69) is 10.4 Å². The van der Waals surface area contributed by atoms with Crippen LogP contribution < -0.4 is 10.7 Å². The molecular formula is C12H10N4O6. The first-order valence-electron chi connectivity index (χ1n) is 5.94. The van der Waals surface area contributed by atoms with Gasteiger partial charge in [-0.2, -0.15) is 5.10 Å². The zero-order valence-electron chi connectivity index (χ0n) is 11.0. The minimum absolute atomic E-state index is 0.0583. The first-order chi connectivity index (χ1) is 10.6. The molecule has 0 spiro atoms. The molecule has 0 aliphatic heterocycles. The van der Waals surface area contributed by atoms with E-state index in [1.165, 1.54) is 12.3 Å². The number of carbonyl (C=O) groups excluding carboxylic acids is 2. The number of nitrogens with one attached hydrogen (secondary N) is 2. The Morgan fingerprint density at radius 2 is 2.14 bits per heavy atom. The van der Waals surface area contributed by atoms with E-state index in [4.69, 9.17) is 8.83 Å². The number of carbonyl (C=O) groups is 2. The minimum Gasteiger partial charge on any atom is -0.467 e. The summed E-state index contributed by atoms with van der Waals surface area (Å²) in [6.45, 7) is 0.0628. The Kier molecular flexibility index (Phi) is 4.65. The first-order valence-corrected chi connectivity index (χ1v) is 5.94. The highest BCUT2D eigenvalue weighted by Gasteiger charge is 2.13. The maximum absolute atomic E-state index is 11.4. The largest absolute Gasteiger partial charge is 0.467 e. The molecule has 2 heterocycles. The van der Waals surface area contributed by atoms with Crippen LogP contribution >= 0.6 is 0 Å². The van der Waals surface area contributed by atoms with E-state index in [0.717, 1.165) is 12.3 Å². The van der Waals surface area contributed by atoms with Gasteiger partial charge in [0.2, 0.25) is 0 Å². The molecule has 10 nitrogen and oxygen atoms in total. The van der Waals surface area contributed by atoms with Gasteiger partial charge in [0, 0.05) is 0 Å². The van der Waals surface area contributed by atoms with Crippen LogP contribution in [0.4, 0.5) is 5.88 Å². The van der Waals surface area contributed by atoms with Crippen molar-refractivity contribution in [2.45, 2.75) is 6.54 Å². The molecule has 0 aliphatic carbocycles. The van der Waals surface area contributed by atoms with Gasteiger partial charge in [-0.25, -0.2) is 5.43 Å². The van der Waals surface area contributed by atoms with Crippen LogP contribution in [0, 0.1) is 10.1 Å². The summed E-state index contributed by atoms with van der Waals surface area (Å²) in [5, 5.41) is 16.2. The lowest BCUT2D eigenvalue weighted by atomic mass is 10.4. The summed E-state index contributed by atoms with van der Waals surface area (Å²) in [6, 6.07) is 5.72. The summed E-state index contributed by atoms with van der Waals surface area (Å²) < 4.78 is 9.75. The van der Waals surface area contributed by atoms with Crippen molar-refractivity contribution in [1.82, 2.24) is 10.7 Å². The van der Waals surface area contributed by atoms with Crippen LogP contribution in [0.25, 0.3) is 0 Å². The van der Waals surface area contributed by atoms with Crippen LogP contribution in [0.15, 0.2) is 44.5 Å². The standard InChI is InChI=1S/C12H10N4O6/c17-11(13-6-8-2-1-5-21-8)12(18)15-14-7-9-3-4-10(22-9)16(19)20/h1-5,7H,6H2,(H,13,17)(H,15,18)/b14-7-. The number of hydrogen-bond acceptors (Lipinski definition) is 7. The molecule has 22 heavy (non-hydrogen) atoms. The molecule has 2 aromatic rings. The third-order valence-electron chi connectivity index (χ3n) is 2.36.